The molecule has 0 atom stereocenters. The Morgan fingerprint density at radius 3 is 2.59 bits per heavy atom. The molecule has 0 aliphatic heterocycles. The largest absolute Gasteiger partial charge is 0.453 e. The summed E-state index contributed by atoms with van der Waals surface area (Å²) >= 11 is 6.33. The number of rotatable bonds is 7. The number of nitrogens with zero attached hydrogens (tertiary/aromatic N) is 1. The molecule has 0 bridgehead atoms. The Labute approximate surface area is 174 Å². The molecule has 8 heteroatoms. The van der Waals surface area contributed by atoms with Crippen LogP contribution in [0.25, 0.3) is 0 Å². The van der Waals surface area contributed by atoms with Gasteiger partial charge in [0.15, 0.2) is 0 Å². The van der Waals surface area contributed by atoms with E-state index < -0.39 is 11.9 Å². The molecule has 2 rings (SSSR count). The Kier molecular flexibility index (Phi) is 7.59. The Balaban J connectivity index is 2.36. The fourth-order valence-electron chi connectivity index (χ4n) is 2.73. The predicted octanol–water partition coefficient (Wildman–Crippen LogP) is 4.28. The zero-order valence-corrected chi connectivity index (χ0v) is 17.4. The monoisotopic (exact) mass is 421 g/mol. The zero-order valence-electron chi connectivity index (χ0n) is 16.7. The van der Waals surface area contributed by atoms with E-state index in [1.54, 1.807) is 29.2 Å². The van der Waals surface area contributed by atoms with Gasteiger partial charge in [-0.3, -0.25) is 10.1 Å². The van der Waals surface area contributed by atoms with Gasteiger partial charge in [-0.25, -0.2) is 9.18 Å². The minimum Gasteiger partial charge on any atom is -0.453 e. The minimum atomic E-state index is -0.616. The van der Waals surface area contributed by atoms with Crippen LogP contribution in [0.2, 0.25) is 5.02 Å². The molecule has 0 unspecified atom stereocenters. The lowest BCUT2D eigenvalue weighted by Gasteiger charge is -2.32. The average Bonchev–Trinajstić information content (AvgIpc) is 2.69. The molecule has 2 aromatic rings. The Morgan fingerprint density at radius 1 is 1.24 bits per heavy atom. The molecule has 0 heterocycles. The highest BCUT2D eigenvalue weighted by molar-refractivity contribution is 6.31. The Bertz CT molecular complexity index is 889. The second kappa shape index (κ2) is 9.71. The van der Waals surface area contributed by atoms with E-state index >= 15 is 0 Å². The summed E-state index contributed by atoms with van der Waals surface area (Å²) in [5.74, 6) is -0.829. The van der Waals surface area contributed by atoms with E-state index in [0.29, 0.717) is 29.4 Å². The highest BCUT2D eigenvalue weighted by Gasteiger charge is 2.26. The molecule has 2 amide bonds. The first kappa shape index (κ1) is 22.6. The number of methoxy groups -OCH3 is 1. The van der Waals surface area contributed by atoms with Gasteiger partial charge in [0.05, 0.1) is 7.11 Å². The van der Waals surface area contributed by atoms with Crippen LogP contribution in [0.15, 0.2) is 42.5 Å². The van der Waals surface area contributed by atoms with Crippen LogP contribution in [0, 0.1) is 11.2 Å². The van der Waals surface area contributed by atoms with E-state index in [9.17, 15) is 14.0 Å². The van der Waals surface area contributed by atoms with E-state index in [2.05, 4.69) is 10.1 Å². The zero-order chi connectivity index (χ0) is 21.6. The second-order valence-corrected chi connectivity index (χ2v) is 7.87. The number of hydrogen-bond acceptors (Lipinski definition) is 4. The van der Waals surface area contributed by atoms with Gasteiger partial charge in [0, 0.05) is 29.4 Å². The third-order valence-electron chi connectivity index (χ3n) is 4.37. The van der Waals surface area contributed by atoms with Crippen LogP contribution >= 0.6 is 11.6 Å². The number of hydrogen-bond donors (Lipinski definition) is 2. The van der Waals surface area contributed by atoms with Crippen molar-refractivity contribution >= 4 is 29.3 Å². The van der Waals surface area contributed by atoms with Crippen molar-refractivity contribution in [2.75, 3.05) is 25.5 Å². The molecule has 6 nitrogen and oxygen atoms in total. The van der Waals surface area contributed by atoms with Crippen molar-refractivity contribution in [3.8, 4) is 0 Å². The van der Waals surface area contributed by atoms with Gasteiger partial charge in [-0.2, -0.15) is 0 Å². The van der Waals surface area contributed by atoms with Crippen molar-refractivity contribution in [2.45, 2.75) is 20.4 Å². The summed E-state index contributed by atoms with van der Waals surface area (Å²) in [7, 11) is 1.26. The van der Waals surface area contributed by atoms with Gasteiger partial charge in [0.25, 0.3) is 5.91 Å². The fraction of sp³-hybridized carbons (Fsp3) is 0.333. The van der Waals surface area contributed by atoms with Crippen LogP contribution in [0.5, 0.6) is 0 Å². The maximum Gasteiger partial charge on any atom is 0.411 e. The lowest BCUT2D eigenvalue weighted by atomic mass is 9.92. The van der Waals surface area contributed by atoms with Gasteiger partial charge in [-0.05, 0) is 53.9 Å². The van der Waals surface area contributed by atoms with Crippen LogP contribution in [-0.2, 0) is 11.3 Å². The highest BCUT2D eigenvalue weighted by atomic mass is 35.5. The van der Waals surface area contributed by atoms with Gasteiger partial charge in [0.2, 0.25) is 0 Å². The summed E-state index contributed by atoms with van der Waals surface area (Å²) < 4.78 is 18.2. The van der Waals surface area contributed by atoms with Gasteiger partial charge >= 0.3 is 6.09 Å². The molecular weight excluding hydrogens is 397 g/mol. The van der Waals surface area contributed by atoms with Crippen LogP contribution in [0.3, 0.4) is 0 Å². The summed E-state index contributed by atoms with van der Waals surface area (Å²) in [4.78, 5) is 26.1. The molecule has 3 N–H and O–H groups in total. The Morgan fingerprint density at radius 2 is 1.97 bits per heavy atom. The highest BCUT2D eigenvalue weighted by Crippen LogP contribution is 2.25. The summed E-state index contributed by atoms with van der Waals surface area (Å²) in [5, 5.41) is 3.00. The number of carbonyl (C=O) groups is 2. The summed E-state index contributed by atoms with van der Waals surface area (Å²) in [6.07, 6.45) is -0.616. The van der Waals surface area contributed by atoms with E-state index in [0.717, 1.165) is 0 Å². The number of nitrogens with one attached hydrogen (secondary N) is 1. The SMILES string of the molecule is COC(=O)Nc1ccc(Cl)c(CN(CC(C)(C)CN)C(=O)c2cccc(F)c2)c1. The lowest BCUT2D eigenvalue weighted by molar-refractivity contribution is 0.0673. The molecule has 0 saturated carbocycles. The summed E-state index contributed by atoms with van der Waals surface area (Å²) in [5.41, 5.74) is 6.82. The van der Waals surface area contributed by atoms with Crippen molar-refractivity contribution in [2.24, 2.45) is 11.1 Å². The average molecular weight is 422 g/mol. The first-order valence-corrected chi connectivity index (χ1v) is 9.41. The summed E-state index contributed by atoms with van der Waals surface area (Å²) in [6.45, 7) is 4.74. The number of carbonyl (C=O) groups excluding carboxylic acids is 2. The van der Waals surface area contributed by atoms with E-state index in [4.69, 9.17) is 17.3 Å². The quantitative estimate of drug-likeness (QED) is 0.698. The van der Waals surface area contributed by atoms with Gasteiger partial charge in [0.1, 0.15) is 5.82 Å². The van der Waals surface area contributed by atoms with Crippen molar-refractivity contribution < 1.29 is 18.7 Å². The molecule has 2 aromatic carbocycles. The number of anilines is 1. The molecule has 0 saturated heterocycles. The molecule has 0 fully saturated rings. The van der Waals surface area contributed by atoms with Gasteiger partial charge < -0.3 is 15.4 Å². The fourth-order valence-corrected chi connectivity index (χ4v) is 2.91. The Hall–Kier alpha value is -2.64. The first-order valence-electron chi connectivity index (χ1n) is 9.03. The van der Waals surface area contributed by atoms with Crippen LogP contribution < -0.4 is 11.1 Å². The molecule has 0 aromatic heterocycles. The third-order valence-corrected chi connectivity index (χ3v) is 4.74. The van der Waals surface area contributed by atoms with Crippen molar-refractivity contribution in [1.82, 2.24) is 4.90 Å². The number of benzene rings is 2. The number of halogens is 2. The number of nitrogens with two attached hydrogens (primary N) is 1. The standard InChI is InChI=1S/C21H25ClFN3O3/c1-21(2,12-24)13-26(19(27)14-5-4-6-16(23)9-14)11-15-10-17(7-8-18(15)22)25-20(28)29-3/h4-10H,11-13,24H2,1-3H3,(H,25,28). The van der Waals surface area contributed by atoms with Crippen molar-refractivity contribution in [1.29, 1.82) is 0 Å². The molecule has 0 radical (unpaired) electrons. The van der Waals surface area contributed by atoms with Crippen LogP contribution in [-0.4, -0.2) is 37.1 Å². The van der Waals surface area contributed by atoms with Crippen LogP contribution in [0.4, 0.5) is 14.9 Å². The third kappa shape index (κ3) is 6.44. The summed E-state index contributed by atoms with van der Waals surface area (Å²) in [6, 6.07) is 10.5. The molecule has 0 aliphatic carbocycles. The molecular formula is C21H25ClFN3O3. The number of ether oxygens (including phenoxy) is 1. The van der Waals surface area contributed by atoms with E-state index in [1.165, 1.54) is 25.3 Å². The molecule has 156 valence electrons. The number of amides is 2. The maximum atomic E-state index is 13.6. The predicted molar refractivity (Wildman–Crippen MR) is 111 cm³/mol. The topological polar surface area (TPSA) is 84.7 Å². The minimum absolute atomic E-state index is 0.161. The van der Waals surface area contributed by atoms with E-state index in [1.807, 2.05) is 13.8 Å². The van der Waals surface area contributed by atoms with Crippen LogP contribution in [0.1, 0.15) is 29.8 Å². The maximum absolute atomic E-state index is 13.6. The smallest absolute Gasteiger partial charge is 0.411 e. The van der Waals surface area contributed by atoms with Crippen molar-refractivity contribution in [3.63, 3.8) is 0 Å². The lowest BCUT2D eigenvalue weighted by Crippen LogP contribution is -2.41. The second-order valence-electron chi connectivity index (χ2n) is 7.46. The molecule has 0 spiro atoms. The van der Waals surface area contributed by atoms with E-state index in [-0.39, 0.29) is 23.4 Å². The van der Waals surface area contributed by atoms with Crippen molar-refractivity contribution in [3.05, 3.63) is 64.4 Å². The normalized spacial score (nSPS) is 11.1. The first-order chi connectivity index (χ1) is 13.6. The molecule has 29 heavy (non-hydrogen) atoms. The van der Waals surface area contributed by atoms with Gasteiger partial charge in [-0.1, -0.05) is 31.5 Å². The molecule has 0 aliphatic rings. The van der Waals surface area contributed by atoms with Gasteiger partial charge in [-0.15, -0.1) is 0 Å².